The number of carboxylic acids is 1. The highest BCUT2D eigenvalue weighted by Crippen LogP contribution is 2.16. The molecule has 0 saturated carbocycles. The van der Waals surface area contributed by atoms with Gasteiger partial charge in [0.05, 0.1) is 0 Å². The van der Waals surface area contributed by atoms with Crippen molar-refractivity contribution in [2.75, 3.05) is 31.7 Å². The van der Waals surface area contributed by atoms with Crippen molar-refractivity contribution in [3.05, 3.63) is 0 Å². The summed E-state index contributed by atoms with van der Waals surface area (Å²) < 4.78 is 0. The molecular weight excluding hydrogens is 268 g/mol. The van der Waals surface area contributed by atoms with E-state index in [1.807, 2.05) is 6.26 Å². The Morgan fingerprint density at radius 3 is 2.53 bits per heavy atom. The van der Waals surface area contributed by atoms with Gasteiger partial charge in [0, 0.05) is 19.7 Å². The Bertz CT molecular complexity index is 306. The third-order valence-corrected chi connectivity index (χ3v) is 4.01. The fourth-order valence-electron chi connectivity index (χ4n) is 2.05. The standard InChI is InChI=1S/C12H22N2O4S/c1-19-7-4-10(11(16)17)13-12(18)14-5-2-9(8-15)3-6-14/h9-10,15H,2-8H2,1H3,(H,13,18)(H,16,17). The van der Waals surface area contributed by atoms with Gasteiger partial charge in [-0.1, -0.05) is 0 Å². The van der Waals surface area contributed by atoms with Gasteiger partial charge in [-0.3, -0.25) is 0 Å². The van der Waals surface area contributed by atoms with Crippen LogP contribution in [0.2, 0.25) is 0 Å². The van der Waals surface area contributed by atoms with Crippen LogP contribution in [0.4, 0.5) is 4.79 Å². The zero-order valence-electron chi connectivity index (χ0n) is 11.2. The lowest BCUT2D eigenvalue weighted by molar-refractivity contribution is -0.139. The minimum atomic E-state index is -0.993. The second-order valence-electron chi connectivity index (χ2n) is 4.73. The van der Waals surface area contributed by atoms with Gasteiger partial charge in [-0.25, -0.2) is 9.59 Å². The SMILES string of the molecule is CSCCC(NC(=O)N1CCC(CO)CC1)C(=O)O. The van der Waals surface area contributed by atoms with E-state index in [1.165, 1.54) is 0 Å². The zero-order chi connectivity index (χ0) is 14.3. The summed E-state index contributed by atoms with van der Waals surface area (Å²) in [5.41, 5.74) is 0. The molecule has 1 aliphatic rings. The number of urea groups is 1. The summed E-state index contributed by atoms with van der Waals surface area (Å²) in [5, 5.41) is 20.6. The van der Waals surface area contributed by atoms with Crippen molar-refractivity contribution in [1.82, 2.24) is 10.2 Å². The van der Waals surface area contributed by atoms with Gasteiger partial charge in [0.2, 0.25) is 0 Å². The van der Waals surface area contributed by atoms with Crippen LogP contribution in [0.3, 0.4) is 0 Å². The minimum Gasteiger partial charge on any atom is -0.480 e. The fourth-order valence-corrected chi connectivity index (χ4v) is 2.52. The number of rotatable bonds is 6. The monoisotopic (exact) mass is 290 g/mol. The number of piperidine rings is 1. The highest BCUT2D eigenvalue weighted by molar-refractivity contribution is 7.98. The first-order valence-electron chi connectivity index (χ1n) is 6.46. The van der Waals surface area contributed by atoms with Gasteiger partial charge in [-0.15, -0.1) is 0 Å². The van der Waals surface area contributed by atoms with Crippen LogP contribution in [0.25, 0.3) is 0 Å². The van der Waals surface area contributed by atoms with Crippen LogP contribution < -0.4 is 5.32 Å². The topological polar surface area (TPSA) is 89.9 Å². The van der Waals surface area contributed by atoms with Gasteiger partial charge in [0.1, 0.15) is 6.04 Å². The van der Waals surface area contributed by atoms with E-state index in [1.54, 1.807) is 16.7 Å². The minimum absolute atomic E-state index is 0.154. The van der Waals surface area contributed by atoms with E-state index in [9.17, 15) is 9.59 Å². The molecule has 1 aliphatic heterocycles. The molecule has 1 saturated heterocycles. The molecule has 1 fully saturated rings. The number of aliphatic hydroxyl groups is 1. The van der Waals surface area contributed by atoms with Gasteiger partial charge in [0.15, 0.2) is 0 Å². The van der Waals surface area contributed by atoms with Crippen LogP contribution in [0.15, 0.2) is 0 Å². The normalized spacial score (nSPS) is 18.1. The Morgan fingerprint density at radius 1 is 1.42 bits per heavy atom. The van der Waals surface area contributed by atoms with Crippen LogP contribution in [-0.4, -0.2) is 64.9 Å². The first-order valence-corrected chi connectivity index (χ1v) is 7.86. The molecule has 3 N–H and O–H groups in total. The highest BCUT2D eigenvalue weighted by Gasteiger charge is 2.26. The van der Waals surface area contributed by atoms with Crippen molar-refractivity contribution in [1.29, 1.82) is 0 Å². The van der Waals surface area contributed by atoms with E-state index in [0.717, 1.165) is 12.8 Å². The molecule has 1 unspecified atom stereocenters. The molecule has 1 rings (SSSR count). The van der Waals surface area contributed by atoms with E-state index in [2.05, 4.69) is 5.32 Å². The van der Waals surface area contributed by atoms with Gasteiger partial charge in [-0.2, -0.15) is 11.8 Å². The van der Waals surface area contributed by atoms with E-state index in [4.69, 9.17) is 10.2 Å². The predicted molar refractivity (Wildman–Crippen MR) is 74.3 cm³/mol. The Balaban J connectivity index is 2.42. The third-order valence-electron chi connectivity index (χ3n) is 3.37. The van der Waals surface area contributed by atoms with E-state index in [0.29, 0.717) is 25.3 Å². The molecule has 7 heteroatoms. The Morgan fingerprint density at radius 2 is 2.05 bits per heavy atom. The number of carbonyl (C=O) groups is 2. The summed E-state index contributed by atoms with van der Waals surface area (Å²) in [5.74, 6) is -0.0347. The zero-order valence-corrected chi connectivity index (χ0v) is 12.0. The highest BCUT2D eigenvalue weighted by atomic mass is 32.2. The molecule has 0 aromatic carbocycles. The van der Waals surface area contributed by atoms with Gasteiger partial charge < -0.3 is 20.4 Å². The van der Waals surface area contributed by atoms with Crippen molar-refractivity contribution < 1.29 is 19.8 Å². The number of thioether (sulfide) groups is 1. The molecular formula is C12H22N2O4S. The molecule has 0 aromatic rings. The average Bonchev–Trinajstić information content (AvgIpc) is 2.43. The number of hydrogen-bond acceptors (Lipinski definition) is 4. The number of nitrogens with zero attached hydrogens (tertiary/aromatic N) is 1. The van der Waals surface area contributed by atoms with Crippen molar-refractivity contribution in [3.8, 4) is 0 Å². The van der Waals surface area contributed by atoms with Gasteiger partial charge in [0.25, 0.3) is 0 Å². The third kappa shape index (κ3) is 5.28. The molecule has 1 heterocycles. The van der Waals surface area contributed by atoms with Crippen molar-refractivity contribution in [2.45, 2.75) is 25.3 Å². The van der Waals surface area contributed by atoms with Crippen LogP contribution >= 0.6 is 11.8 Å². The number of carboxylic acid groups (broad SMARTS) is 1. The predicted octanol–water partition coefficient (Wildman–Crippen LogP) is 0.607. The van der Waals surface area contributed by atoms with E-state index in [-0.39, 0.29) is 18.6 Å². The van der Waals surface area contributed by atoms with Crippen LogP contribution in [0.1, 0.15) is 19.3 Å². The van der Waals surface area contributed by atoms with Crippen LogP contribution in [-0.2, 0) is 4.79 Å². The quantitative estimate of drug-likeness (QED) is 0.667. The Kier molecular flexibility index (Phi) is 7.01. The molecule has 19 heavy (non-hydrogen) atoms. The van der Waals surface area contributed by atoms with Crippen LogP contribution in [0.5, 0.6) is 0 Å². The van der Waals surface area contributed by atoms with Gasteiger partial charge >= 0.3 is 12.0 Å². The number of aliphatic hydroxyl groups excluding tert-OH is 1. The first kappa shape index (κ1) is 16.1. The summed E-state index contributed by atoms with van der Waals surface area (Å²) in [4.78, 5) is 24.6. The molecule has 2 amide bonds. The number of carbonyl (C=O) groups excluding carboxylic acids is 1. The van der Waals surface area contributed by atoms with Crippen molar-refractivity contribution >= 4 is 23.8 Å². The van der Waals surface area contributed by atoms with Gasteiger partial charge in [-0.05, 0) is 37.2 Å². The number of aliphatic carboxylic acids is 1. The molecule has 0 bridgehead atoms. The summed E-state index contributed by atoms with van der Waals surface area (Å²) in [6.45, 7) is 1.30. The average molecular weight is 290 g/mol. The smallest absolute Gasteiger partial charge is 0.326 e. The van der Waals surface area contributed by atoms with E-state index >= 15 is 0 Å². The van der Waals surface area contributed by atoms with Crippen molar-refractivity contribution in [2.24, 2.45) is 5.92 Å². The largest absolute Gasteiger partial charge is 0.480 e. The molecule has 1 atom stereocenters. The Labute approximate surface area is 117 Å². The lowest BCUT2D eigenvalue weighted by Crippen LogP contribution is -2.50. The lowest BCUT2D eigenvalue weighted by atomic mass is 9.98. The number of hydrogen-bond donors (Lipinski definition) is 3. The lowest BCUT2D eigenvalue weighted by Gasteiger charge is -2.32. The second-order valence-corrected chi connectivity index (χ2v) is 5.72. The number of amides is 2. The maximum atomic E-state index is 12.0. The maximum Gasteiger partial charge on any atom is 0.326 e. The van der Waals surface area contributed by atoms with E-state index < -0.39 is 12.0 Å². The summed E-state index contributed by atoms with van der Waals surface area (Å²) in [6.07, 6.45) is 3.87. The van der Waals surface area contributed by atoms with Crippen molar-refractivity contribution in [3.63, 3.8) is 0 Å². The fraction of sp³-hybridized carbons (Fsp3) is 0.833. The summed E-state index contributed by atoms with van der Waals surface area (Å²) in [7, 11) is 0. The summed E-state index contributed by atoms with van der Waals surface area (Å²) >= 11 is 1.56. The Hall–Kier alpha value is -0.950. The number of nitrogens with one attached hydrogen (secondary N) is 1. The molecule has 0 aliphatic carbocycles. The number of likely N-dealkylation sites (tertiary alicyclic amines) is 1. The molecule has 0 spiro atoms. The first-order chi connectivity index (χ1) is 9.08. The second kappa shape index (κ2) is 8.27. The summed E-state index contributed by atoms with van der Waals surface area (Å²) in [6, 6.07) is -1.14. The molecule has 0 aromatic heterocycles. The maximum absolute atomic E-state index is 12.0. The molecule has 6 nitrogen and oxygen atoms in total. The molecule has 110 valence electrons. The molecule has 0 radical (unpaired) electrons. The van der Waals surface area contributed by atoms with Crippen LogP contribution in [0, 0.1) is 5.92 Å².